The number of ether oxygens (including phenoxy) is 1. The molecule has 1 aromatic heterocycles. The molecule has 18 heavy (non-hydrogen) atoms. The third-order valence-corrected chi connectivity index (χ3v) is 4.52. The Labute approximate surface area is 116 Å². The standard InChI is InChI=1S/C11H20N4OS2/c1-9(2)12-10-13-14-11(18-10)17-8-5-15-3-6-16-7-4-15/h9H,3-8H2,1-2H3,(H,12,13). The molecule has 2 heterocycles. The Bertz CT molecular complexity index is 353. The van der Waals surface area contributed by atoms with Gasteiger partial charge in [-0.15, -0.1) is 10.2 Å². The van der Waals surface area contributed by atoms with Crippen molar-refractivity contribution in [3.63, 3.8) is 0 Å². The molecule has 0 unspecified atom stereocenters. The summed E-state index contributed by atoms with van der Waals surface area (Å²) < 4.78 is 6.38. The van der Waals surface area contributed by atoms with E-state index in [1.54, 1.807) is 23.1 Å². The maximum absolute atomic E-state index is 5.33. The van der Waals surface area contributed by atoms with Crippen LogP contribution in [0.3, 0.4) is 0 Å². The van der Waals surface area contributed by atoms with Crippen LogP contribution in [0, 0.1) is 0 Å². The van der Waals surface area contributed by atoms with Crippen LogP contribution < -0.4 is 5.32 Å². The minimum atomic E-state index is 0.407. The quantitative estimate of drug-likeness (QED) is 0.805. The number of aromatic nitrogens is 2. The van der Waals surface area contributed by atoms with Crippen LogP contribution in [0.2, 0.25) is 0 Å². The van der Waals surface area contributed by atoms with E-state index in [1.807, 2.05) is 0 Å². The lowest BCUT2D eigenvalue weighted by molar-refractivity contribution is 0.0410. The first kappa shape index (κ1) is 14.0. The predicted molar refractivity (Wildman–Crippen MR) is 76.7 cm³/mol. The molecule has 0 spiro atoms. The van der Waals surface area contributed by atoms with Crippen LogP contribution in [0.4, 0.5) is 5.13 Å². The number of thioether (sulfide) groups is 1. The van der Waals surface area contributed by atoms with Crippen molar-refractivity contribution in [3.05, 3.63) is 0 Å². The second kappa shape index (κ2) is 7.28. The first-order valence-corrected chi connectivity index (χ1v) is 8.07. The highest BCUT2D eigenvalue weighted by Crippen LogP contribution is 2.25. The van der Waals surface area contributed by atoms with E-state index in [-0.39, 0.29) is 0 Å². The Morgan fingerprint density at radius 3 is 2.89 bits per heavy atom. The largest absolute Gasteiger partial charge is 0.379 e. The Morgan fingerprint density at radius 2 is 2.17 bits per heavy atom. The summed E-state index contributed by atoms with van der Waals surface area (Å²) in [5, 5.41) is 12.5. The molecule has 1 fully saturated rings. The Morgan fingerprint density at radius 1 is 1.39 bits per heavy atom. The fraction of sp³-hybridized carbons (Fsp3) is 0.818. The Hall–Kier alpha value is -0.370. The molecule has 0 amide bonds. The van der Waals surface area contributed by atoms with Crippen molar-refractivity contribution in [2.24, 2.45) is 0 Å². The van der Waals surface area contributed by atoms with E-state index in [4.69, 9.17) is 4.74 Å². The Kier molecular flexibility index (Phi) is 5.68. The highest BCUT2D eigenvalue weighted by Gasteiger charge is 2.11. The number of hydrogen-bond donors (Lipinski definition) is 1. The van der Waals surface area contributed by atoms with Crippen molar-refractivity contribution >= 4 is 28.2 Å². The predicted octanol–water partition coefficient (Wildman–Crippen LogP) is 1.78. The molecule has 0 saturated carbocycles. The monoisotopic (exact) mass is 288 g/mol. The van der Waals surface area contributed by atoms with Crippen molar-refractivity contribution in [2.45, 2.75) is 24.2 Å². The maximum Gasteiger partial charge on any atom is 0.206 e. The first-order valence-electron chi connectivity index (χ1n) is 6.27. The molecule has 5 nitrogen and oxygen atoms in total. The zero-order valence-electron chi connectivity index (χ0n) is 10.9. The molecule has 0 atom stereocenters. The molecule has 0 bridgehead atoms. The zero-order valence-corrected chi connectivity index (χ0v) is 12.5. The number of hydrogen-bond acceptors (Lipinski definition) is 7. The van der Waals surface area contributed by atoms with Gasteiger partial charge in [0.1, 0.15) is 0 Å². The van der Waals surface area contributed by atoms with Crippen LogP contribution in [0.1, 0.15) is 13.8 Å². The molecular formula is C11H20N4OS2. The van der Waals surface area contributed by atoms with Crippen LogP contribution in [0.5, 0.6) is 0 Å². The molecule has 102 valence electrons. The van der Waals surface area contributed by atoms with Gasteiger partial charge in [0, 0.05) is 31.4 Å². The fourth-order valence-electron chi connectivity index (χ4n) is 1.66. The van der Waals surface area contributed by atoms with Crippen LogP contribution >= 0.6 is 23.1 Å². The van der Waals surface area contributed by atoms with Crippen LogP contribution in [-0.4, -0.2) is 59.7 Å². The lowest BCUT2D eigenvalue weighted by Crippen LogP contribution is -2.37. The zero-order chi connectivity index (χ0) is 12.8. The average molecular weight is 288 g/mol. The fourth-order valence-corrected chi connectivity index (χ4v) is 3.63. The number of anilines is 1. The second-order valence-electron chi connectivity index (χ2n) is 4.47. The summed E-state index contributed by atoms with van der Waals surface area (Å²) >= 11 is 3.42. The van der Waals surface area contributed by atoms with Crippen LogP contribution in [-0.2, 0) is 4.74 Å². The highest BCUT2D eigenvalue weighted by molar-refractivity contribution is 8.01. The normalized spacial score (nSPS) is 17.3. The molecule has 2 rings (SSSR count). The van der Waals surface area contributed by atoms with E-state index in [0.717, 1.165) is 48.1 Å². The lowest BCUT2D eigenvalue weighted by Gasteiger charge is -2.25. The van der Waals surface area contributed by atoms with E-state index in [1.165, 1.54) is 0 Å². The molecule has 1 aliphatic heterocycles. The summed E-state index contributed by atoms with van der Waals surface area (Å²) in [5.41, 5.74) is 0. The molecule has 1 aliphatic rings. The summed E-state index contributed by atoms with van der Waals surface area (Å²) in [7, 11) is 0. The van der Waals surface area contributed by atoms with Gasteiger partial charge in [0.15, 0.2) is 4.34 Å². The number of morpholine rings is 1. The number of rotatable bonds is 6. The molecular weight excluding hydrogens is 268 g/mol. The minimum Gasteiger partial charge on any atom is -0.379 e. The summed E-state index contributed by atoms with van der Waals surface area (Å²) in [6.07, 6.45) is 0. The second-order valence-corrected chi connectivity index (χ2v) is 6.79. The van der Waals surface area contributed by atoms with Crippen LogP contribution in [0.15, 0.2) is 4.34 Å². The molecule has 1 saturated heterocycles. The van der Waals surface area contributed by atoms with E-state index >= 15 is 0 Å². The third-order valence-electron chi connectivity index (χ3n) is 2.56. The van der Waals surface area contributed by atoms with Gasteiger partial charge in [-0.2, -0.15) is 0 Å². The van der Waals surface area contributed by atoms with Crippen LogP contribution in [0.25, 0.3) is 0 Å². The first-order chi connectivity index (χ1) is 8.74. The third kappa shape index (κ3) is 4.72. The summed E-state index contributed by atoms with van der Waals surface area (Å²) in [6.45, 7) is 9.14. The van der Waals surface area contributed by atoms with Gasteiger partial charge in [0.2, 0.25) is 5.13 Å². The van der Waals surface area contributed by atoms with Gasteiger partial charge >= 0.3 is 0 Å². The smallest absolute Gasteiger partial charge is 0.206 e. The van der Waals surface area contributed by atoms with E-state index in [9.17, 15) is 0 Å². The van der Waals surface area contributed by atoms with Gasteiger partial charge in [0.25, 0.3) is 0 Å². The molecule has 0 radical (unpaired) electrons. The van der Waals surface area contributed by atoms with E-state index in [0.29, 0.717) is 6.04 Å². The van der Waals surface area contributed by atoms with Gasteiger partial charge in [-0.25, -0.2) is 0 Å². The van der Waals surface area contributed by atoms with Crippen molar-refractivity contribution in [1.82, 2.24) is 15.1 Å². The average Bonchev–Trinajstić information content (AvgIpc) is 2.77. The number of nitrogens with one attached hydrogen (secondary N) is 1. The number of nitrogens with zero attached hydrogens (tertiary/aromatic N) is 3. The summed E-state index contributed by atoms with van der Waals surface area (Å²) in [4.78, 5) is 2.44. The maximum atomic E-state index is 5.33. The van der Waals surface area contributed by atoms with Crippen molar-refractivity contribution < 1.29 is 4.74 Å². The van der Waals surface area contributed by atoms with Gasteiger partial charge in [-0.05, 0) is 13.8 Å². The van der Waals surface area contributed by atoms with Gasteiger partial charge in [0.05, 0.1) is 13.2 Å². The van der Waals surface area contributed by atoms with Crippen molar-refractivity contribution in [3.8, 4) is 0 Å². The lowest BCUT2D eigenvalue weighted by atomic mass is 10.4. The SMILES string of the molecule is CC(C)Nc1nnc(SCCN2CCOCC2)s1. The topological polar surface area (TPSA) is 50.3 Å². The summed E-state index contributed by atoms with van der Waals surface area (Å²) in [5.74, 6) is 1.07. The molecule has 0 aromatic carbocycles. The molecule has 1 N–H and O–H groups in total. The summed E-state index contributed by atoms with van der Waals surface area (Å²) in [6, 6.07) is 0.407. The van der Waals surface area contributed by atoms with E-state index < -0.39 is 0 Å². The molecule has 7 heteroatoms. The van der Waals surface area contributed by atoms with Crippen molar-refractivity contribution in [2.75, 3.05) is 43.9 Å². The van der Waals surface area contributed by atoms with E-state index in [2.05, 4.69) is 34.3 Å². The Balaban J connectivity index is 1.67. The minimum absolute atomic E-state index is 0.407. The van der Waals surface area contributed by atoms with Gasteiger partial charge < -0.3 is 10.1 Å². The highest BCUT2D eigenvalue weighted by atomic mass is 32.2. The van der Waals surface area contributed by atoms with Gasteiger partial charge in [-0.3, -0.25) is 4.90 Å². The molecule has 0 aliphatic carbocycles. The van der Waals surface area contributed by atoms with Crippen molar-refractivity contribution in [1.29, 1.82) is 0 Å². The molecule has 1 aromatic rings. The van der Waals surface area contributed by atoms with Gasteiger partial charge in [-0.1, -0.05) is 23.1 Å².